The number of fused-ring (bicyclic) bond motifs is 1. The topological polar surface area (TPSA) is 71.3 Å². The second-order valence-corrected chi connectivity index (χ2v) is 5.88. The predicted molar refractivity (Wildman–Crippen MR) is 95.7 cm³/mol. The highest BCUT2D eigenvalue weighted by Crippen LogP contribution is 2.23. The monoisotopic (exact) mass is 336 g/mol. The van der Waals surface area contributed by atoms with Gasteiger partial charge in [0.15, 0.2) is 0 Å². The number of hydrazine groups is 1. The first kappa shape index (κ1) is 16.8. The lowest BCUT2D eigenvalue weighted by molar-refractivity contribution is -0.128. The van der Waals surface area contributed by atoms with Crippen molar-refractivity contribution in [2.75, 3.05) is 0 Å². The average molecular weight is 336 g/mol. The molecule has 5 nitrogen and oxygen atoms in total. The Kier molecular flexibility index (Phi) is 5.14. The van der Waals surface area contributed by atoms with E-state index in [4.69, 9.17) is 4.42 Å². The Labute approximate surface area is 146 Å². The molecule has 0 fully saturated rings. The van der Waals surface area contributed by atoms with Crippen LogP contribution in [0.25, 0.3) is 11.0 Å². The smallest absolute Gasteiger partial charge is 0.242 e. The number of hydrogen-bond donors (Lipinski definition) is 2. The second-order valence-electron chi connectivity index (χ2n) is 5.88. The summed E-state index contributed by atoms with van der Waals surface area (Å²) in [5.41, 5.74) is 8.54. The normalized spacial score (nSPS) is 10.6. The van der Waals surface area contributed by atoms with Gasteiger partial charge < -0.3 is 4.42 Å². The predicted octanol–water partition coefficient (Wildman–Crippen LogP) is 2.93. The number of nitrogens with one attached hydrogen (secondary N) is 2. The minimum absolute atomic E-state index is 0.145. The van der Waals surface area contributed by atoms with Gasteiger partial charge in [-0.25, -0.2) is 0 Å². The number of amides is 2. The van der Waals surface area contributed by atoms with Crippen molar-refractivity contribution in [3.63, 3.8) is 0 Å². The zero-order chi connectivity index (χ0) is 17.6. The molecule has 25 heavy (non-hydrogen) atoms. The first-order chi connectivity index (χ1) is 12.2. The summed E-state index contributed by atoms with van der Waals surface area (Å²) in [6.45, 7) is 2.08. The first-order valence-corrected chi connectivity index (χ1v) is 8.26. The number of furan rings is 1. The van der Waals surface area contributed by atoms with E-state index < -0.39 is 0 Å². The fraction of sp³-hybridized carbons (Fsp3) is 0.200. The lowest BCUT2D eigenvalue weighted by Crippen LogP contribution is -2.43. The van der Waals surface area contributed by atoms with Gasteiger partial charge in [-0.1, -0.05) is 43.3 Å². The molecule has 0 atom stereocenters. The standard InChI is InChI=1S/C20H20N2O3/c1-2-14-8-9-18-17(10-14)16(13-25-18)12-20(24)22-21-19(23)11-15-6-4-3-5-7-15/h3-10,13H,2,11-12H2,1H3,(H,21,23)(H,22,24). The highest BCUT2D eigenvalue weighted by Gasteiger charge is 2.12. The van der Waals surface area contributed by atoms with Crippen molar-refractivity contribution in [3.8, 4) is 0 Å². The van der Waals surface area contributed by atoms with E-state index >= 15 is 0 Å². The Hall–Kier alpha value is -3.08. The van der Waals surface area contributed by atoms with Gasteiger partial charge in [0.25, 0.3) is 0 Å². The van der Waals surface area contributed by atoms with Crippen LogP contribution in [0.3, 0.4) is 0 Å². The molecule has 0 aliphatic carbocycles. The molecule has 0 saturated heterocycles. The molecule has 5 heteroatoms. The fourth-order valence-corrected chi connectivity index (χ4v) is 2.67. The third-order valence-corrected chi connectivity index (χ3v) is 4.03. The summed E-state index contributed by atoms with van der Waals surface area (Å²) in [6, 6.07) is 15.3. The molecule has 0 aliphatic heterocycles. The van der Waals surface area contributed by atoms with Crippen LogP contribution < -0.4 is 10.9 Å². The van der Waals surface area contributed by atoms with Crippen molar-refractivity contribution >= 4 is 22.8 Å². The third-order valence-electron chi connectivity index (χ3n) is 4.03. The second kappa shape index (κ2) is 7.66. The van der Waals surface area contributed by atoms with Crippen molar-refractivity contribution < 1.29 is 14.0 Å². The van der Waals surface area contributed by atoms with E-state index in [0.29, 0.717) is 0 Å². The Bertz CT molecular complexity index is 884. The fourth-order valence-electron chi connectivity index (χ4n) is 2.67. The maximum Gasteiger partial charge on any atom is 0.242 e. The molecule has 3 aromatic rings. The molecular weight excluding hydrogens is 316 g/mol. The van der Waals surface area contributed by atoms with Crippen LogP contribution in [0.4, 0.5) is 0 Å². The van der Waals surface area contributed by atoms with Crippen LogP contribution in [-0.2, 0) is 28.9 Å². The molecule has 3 rings (SSSR count). The van der Waals surface area contributed by atoms with Crippen LogP contribution in [0.1, 0.15) is 23.6 Å². The first-order valence-electron chi connectivity index (χ1n) is 8.26. The molecule has 1 heterocycles. The van der Waals surface area contributed by atoms with Crippen LogP contribution in [0, 0.1) is 0 Å². The van der Waals surface area contributed by atoms with Crippen molar-refractivity contribution in [2.24, 2.45) is 0 Å². The number of benzene rings is 2. The van der Waals surface area contributed by atoms with Gasteiger partial charge in [-0.15, -0.1) is 0 Å². The Morgan fingerprint density at radius 3 is 2.36 bits per heavy atom. The van der Waals surface area contributed by atoms with Crippen molar-refractivity contribution in [3.05, 3.63) is 71.5 Å². The van der Waals surface area contributed by atoms with Crippen molar-refractivity contribution in [2.45, 2.75) is 26.2 Å². The third kappa shape index (κ3) is 4.26. The molecule has 0 saturated carbocycles. The van der Waals surface area contributed by atoms with Gasteiger partial charge >= 0.3 is 0 Å². The van der Waals surface area contributed by atoms with Crippen LogP contribution in [-0.4, -0.2) is 11.8 Å². The maximum atomic E-state index is 12.1. The minimum Gasteiger partial charge on any atom is -0.464 e. The van der Waals surface area contributed by atoms with Gasteiger partial charge in [0.1, 0.15) is 5.58 Å². The van der Waals surface area contributed by atoms with Crippen molar-refractivity contribution in [1.82, 2.24) is 10.9 Å². The van der Waals surface area contributed by atoms with E-state index in [0.717, 1.165) is 28.5 Å². The van der Waals surface area contributed by atoms with E-state index in [1.165, 1.54) is 5.56 Å². The summed E-state index contributed by atoms with van der Waals surface area (Å²) in [5, 5.41) is 0.935. The Balaban J connectivity index is 1.57. The molecule has 0 aliphatic rings. The lowest BCUT2D eigenvalue weighted by Gasteiger charge is -2.07. The quantitative estimate of drug-likeness (QED) is 0.704. The van der Waals surface area contributed by atoms with Crippen LogP contribution in [0.2, 0.25) is 0 Å². The molecule has 2 N–H and O–H groups in total. The summed E-state index contributed by atoms with van der Waals surface area (Å²) in [6.07, 6.45) is 2.87. The number of aryl methyl sites for hydroxylation is 1. The van der Waals surface area contributed by atoms with Gasteiger partial charge in [0.05, 0.1) is 19.1 Å². The summed E-state index contributed by atoms with van der Waals surface area (Å²) in [4.78, 5) is 24.0. The minimum atomic E-state index is -0.286. The number of rotatable bonds is 5. The molecular formula is C20H20N2O3. The summed E-state index contributed by atoms with van der Waals surface area (Å²) in [5.74, 6) is -0.545. The molecule has 0 radical (unpaired) electrons. The highest BCUT2D eigenvalue weighted by molar-refractivity contribution is 5.89. The van der Waals surface area contributed by atoms with Crippen LogP contribution in [0.5, 0.6) is 0 Å². The number of carbonyl (C=O) groups is 2. The van der Waals surface area contributed by atoms with Crippen LogP contribution in [0.15, 0.2) is 59.2 Å². The lowest BCUT2D eigenvalue weighted by atomic mass is 10.1. The molecule has 0 unspecified atom stereocenters. The molecule has 0 bridgehead atoms. The van der Waals surface area contributed by atoms with Crippen LogP contribution >= 0.6 is 0 Å². The summed E-state index contributed by atoms with van der Waals surface area (Å²) in [7, 11) is 0. The van der Waals surface area contributed by atoms with Gasteiger partial charge in [-0.3, -0.25) is 20.4 Å². The molecule has 128 valence electrons. The Morgan fingerprint density at radius 1 is 0.920 bits per heavy atom. The number of hydrogen-bond acceptors (Lipinski definition) is 3. The molecule has 2 amide bonds. The van der Waals surface area contributed by atoms with E-state index in [9.17, 15) is 9.59 Å². The SMILES string of the molecule is CCc1ccc2occ(CC(=O)NNC(=O)Cc3ccccc3)c2c1. The molecule has 0 spiro atoms. The van der Waals surface area contributed by atoms with Gasteiger partial charge in [0, 0.05) is 10.9 Å². The van der Waals surface area contributed by atoms with Gasteiger partial charge in [-0.05, 0) is 29.7 Å². The summed E-state index contributed by atoms with van der Waals surface area (Å²) >= 11 is 0. The Morgan fingerprint density at radius 2 is 1.64 bits per heavy atom. The average Bonchev–Trinajstić information content (AvgIpc) is 3.03. The highest BCUT2D eigenvalue weighted by atomic mass is 16.3. The van der Waals surface area contributed by atoms with E-state index in [1.807, 2.05) is 48.5 Å². The van der Waals surface area contributed by atoms with E-state index in [2.05, 4.69) is 17.8 Å². The summed E-state index contributed by atoms with van der Waals surface area (Å²) < 4.78 is 5.49. The van der Waals surface area contributed by atoms with Gasteiger partial charge in [0.2, 0.25) is 11.8 Å². The van der Waals surface area contributed by atoms with Gasteiger partial charge in [-0.2, -0.15) is 0 Å². The van der Waals surface area contributed by atoms with Crippen molar-refractivity contribution in [1.29, 1.82) is 0 Å². The molecule has 1 aromatic heterocycles. The van der Waals surface area contributed by atoms with E-state index in [-0.39, 0.29) is 24.7 Å². The zero-order valence-electron chi connectivity index (χ0n) is 14.0. The number of carbonyl (C=O) groups excluding carboxylic acids is 2. The van der Waals surface area contributed by atoms with E-state index in [1.54, 1.807) is 6.26 Å². The molecule has 2 aromatic carbocycles. The zero-order valence-corrected chi connectivity index (χ0v) is 14.0. The maximum absolute atomic E-state index is 12.1. The largest absolute Gasteiger partial charge is 0.464 e.